The summed E-state index contributed by atoms with van der Waals surface area (Å²) in [5.74, 6) is 1.54. The number of allylic oxidation sites excluding steroid dienone is 3. The van der Waals surface area contributed by atoms with E-state index in [4.69, 9.17) is 9.84 Å². The summed E-state index contributed by atoms with van der Waals surface area (Å²) in [5.41, 5.74) is 4.45. The van der Waals surface area contributed by atoms with Crippen LogP contribution in [0.4, 0.5) is 0 Å². The number of rotatable bonds is 9. The lowest BCUT2D eigenvalue weighted by Crippen LogP contribution is -2.48. The van der Waals surface area contributed by atoms with Crippen molar-refractivity contribution in [3.63, 3.8) is 0 Å². The molecule has 2 aromatic rings. The molecule has 4 bridgehead atoms. The first-order valence-electron chi connectivity index (χ1n) is 13.0. The van der Waals surface area contributed by atoms with E-state index in [2.05, 4.69) is 18.2 Å². The van der Waals surface area contributed by atoms with E-state index in [-0.39, 0.29) is 11.0 Å². The number of aryl methyl sites for hydroxylation is 1. The molecule has 0 spiro atoms. The SMILES string of the molecule is COc1ccc(CC/C=C(/C=C\C(=O)O)c2cccc(C(=O)O)c2)cc1C12CC3CC(CC(C3)C1)C2. The maximum atomic E-state index is 11.4. The van der Waals surface area contributed by atoms with Gasteiger partial charge in [0.15, 0.2) is 0 Å². The first-order valence-corrected chi connectivity index (χ1v) is 13.0. The normalized spacial score (nSPS) is 26.9. The van der Waals surface area contributed by atoms with Gasteiger partial charge >= 0.3 is 11.9 Å². The zero-order valence-corrected chi connectivity index (χ0v) is 20.8. The minimum absolute atomic E-state index is 0.178. The molecule has 4 aliphatic rings. The molecule has 188 valence electrons. The number of carboxylic acid groups (broad SMARTS) is 2. The largest absolute Gasteiger partial charge is 0.496 e. The molecule has 4 aliphatic carbocycles. The van der Waals surface area contributed by atoms with Crippen LogP contribution in [0.2, 0.25) is 0 Å². The summed E-state index contributed by atoms with van der Waals surface area (Å²) in [6.07, 6.45) is 14.2. The van der Waals surface area contributed by atoms with Crippen LogP contribution in [0.1, 0.15) is 72.0 Å². The summed E-state index contributed by atoms with van der Waals surface area (Å²) in [4.78, 5) is 22.6. The highest BCUT2D eigenvalue weighted by Crippen LogP contribution is 2.61. The van der Waals surface area contributed by atoms with Crippen molar-refractivity contribution in [1.29, 1.82) is 0 Å². The quantitative estimate of drug-likeness (QED) is 0.311. The minimum atomic E-state index is -1.04. The van der Waals surface area contributed by atoms with Crippen LogP contribution in [0.5, 0.6) is 5.75 Å². The molecule has 36 heavy (non-hydrogen) atoms. The van der Waals surface area contributed by atoms with Gasteiger partial charge in [-0.2, -0.15) is 0 Å². The fourth-order valence-corrected chi connectivity index (χ4v) is 7.43. The third-order valence-corrected chi connectivity index (χ3v) is 8.52. The number of carbonyl (C=O) groups is 2. The van der Waals surface area contributed by atoms with Crippen molar-refractivity contribution in [3.05, 3.63) is 82.9 Å². The van der Waals surface area contributed by atoms with Crippen molar-refractivity contribution in [1.82, 2.24) is 0 Å². The molecule has 0 amide bonds. The number of aromatic carboxylic acids is 1. The Balaban J connectivity index is 1.39. The second kappa shape index (κ2) is 9.96. The fraction of sp³-hybridized carbons (Fsp3) is 0.419. The van der Waals surface area contributed by atoms with E-state index in [1.54, 1.807) is 19.2 Å². The summed E-state index contributed by atoms with van der Waals surface area (Å²) < 4.78 is 5.85. The van der Waals surface area contributed by atoms with E-state index in [1.165, 1.54) is 61.8 Å². The minimum Gasteiger partial charge on any atom is -0.496 e. The maximum Gasteiger partial charge on any atom is 0.335 e. The van der Waals surface area contributed by atoms with Gasteiger partial charge in [0.05, 0.1) is 12.7 Å². The van der Waals surface area contributed by atoms with Gasteiger partial charge < -0.3 is 14.9 Å². The third-order valence-electron chi connectivity index (χ3n) is 8.52. The van der Waals surface area contributed by atoms with E-state index in [0.29, 0.717) is 17.6 Å². The Morgan fingerprint density at radius 1 is 0.944 bits per heavy atom. The molecule has 0 radical (unpaired) electrons. The van der Waals surface area contributed by atoms with E-state index in [1.807, 2.05) is 12.1 Å². The topological polar surface area (TPSA) is 83.8 Å². The van der Waals surface area contributed by atoms with E-state index < -0.39 is 11.9 Å². The Morgan fingerprint density at radius 2 is 1.61 bits per heavy atom. The molecular weight excluding hydrogens is 452 g/mol. The predicted octanol–water partition coefficient (Wildman–Crippen LogP) is 6.52. The van der Waals surface area contributed by atoms with Gasteiger partial charge in [-0.3, -0.25) is 0 Å². The molecule has 0 aromatic heterocycles. The third kappa shape index (κ3) is 4.97. The summed E-state index contributed by atoms with van der Waals surface area (Å²) in [7, 11) is 1.77. The van der Waals surface area contributed by atoms with Gasteiger partial charge in [0.25, 0.3) is 0 Å². The highest BCUT2D eigenvalue weighted by atomic mass is 16.5. The molecule has 0 atom stereocenters. The Hall–Kier alpha value is -3.34. The molecule has 4 saturated carbocycles. The fourth-order valence-electron chi connectivity index (χ4n) is 7.43. The molecule has 0 aliphatic heterocycles. The van der Waals surface area contributed by atoms with Gasteiger partial charge in [-0.15, -0.1) is 0 Å². The number of hydrogen-bond donors (Lipinski definition) is 2. The van der Waals surface area contributed by atoms with Crippen LogP contribution < -0.4 is 4.74 Å². The van der Waals surface area contributed by atoms with Crippen LogP contribution >= 0.6 is 0 Å². The molecule has 0 unspecified atom stereocenters. The van der Waals surface area contributed by atoms with Crippen molar-refractivity contribution >= 4 is 17.5 Å². The van der Waals surface area contributed by atoms with Crippen molar-refractivity contribution in [2.75, 3.05) is 7.11 Å². The highest BCUT2D eigenvalue weighted by Gasteiger charge is 2.52. The number of hydrogen-bond acceptors (Lipinski definition) is 3. The Kier molecular flexibility index (Phi) is 6.74. The highest BCUT2D eigenvalue weighted by molar-refractivity contribution is 5.90. The molecule has 5 heteroatoms. The summed E-state index contributed by atoms with van der Waals surface area (Å²) in [6.45, 7) is 0. The lowest BCUT2D eigenvalue weighted by molar-refractivity contribution is -0.131. The standard InChI is InChI=1S/C31H34O5/c1-36-28-10-8-20(15-27(28)31-17-21-12-22(18-31)14-23(13-21)19-31)4-2-5-24(9-11-29(32)33)25-6-3-7-26(16-25)30(34)35/h3,5-11,15-16,21-23H,2,4,12-14,17-19H2,1H3,(H,32,33)(H,34,35)/b11-9-,24-5-. The maximum absolute atomic E-state index is 11.4. The van der Waals surface area contributed by atoms with Gasteiger partial charge in [0.2, 0.25) is 0 Å². The second-order valence-corrected chi connectivity index (χ2v) is 11.0. The van der Waals surface area contributed by atoms with Crippen LogP contribution in [0.25, 0.3) is 5.57 Å². The zero-order chi connectivity index (χ0) is 25.3. The number of ether oxygens (including phenoxy) is 1. The van der Waals surface area contributed by atoms with Gasteiger partial charge in [-0.1, -0.05) is 30.3 Å². The molecular formula is C31H34O5. The lowest BCUT2D eigenvalue weighted by Gasteiger charge is -2.57. The van der Waals surface area contributed by atoms with Crippen molar-refractivity contribution in [2.45, 2.75) is 56.8 Å². The van der Waals surface area contributed by atoms with Crippen molar-refractivity contribution in [2.24, 2.45) is 17.8 Å². The van der Waals surface area contributed by atoms with Gasteiger partial charge in [0.1, 0.15) is 5.75 Å². The average molecular weight is 487 g/mol. The van der Waals surface area contributed by atoms with Crippen molar-refractivity contribution in [3.8, 4) is 5.75 Å². The van der Waals surface area contributed by atoms with Crippen LogP contribution in [0.3, 0.4) is 0 Å². The average Bonchev–Trinajstić information content (AvgIpc) is 2.85. The number of carboxylic acids is 2. The van der Waals surface area contributed by atoms with Crippen LogP contribution in [0.15, 0.2) is 60.7 Å². The second-order valence-electron chi connectivity index (χ2n) is 11.0. The summed E-state index contributed by atoms with van der Waals surface area (Å²) in [6, 6.07) is 13.2. The molecule has 6 rings (SSSR count). The monoisotopic (exact) mass is 486 g/mol. The van der Waals surface area contributed by atoms with Gasteiger partial charge in [-0.05, 0) is 116 Å². The zero-order valence-electron chi connectivity index (χ0n) is 20.8. The lowest BCUT2D eigenvalue weighted by atomic mass is 9.48. The smallest absolute Gasteiger partial charge is 0.335 e. The van der Waals surface area contributed by atoms with Gasteiger partial charge in [-0.25, -0.2) is 9.59 Å². The molecule has 0 saturated heterocycles. The van der Waals surface area contributed by atoms with Gasteiger partial charge in [0, 0.05) is 11.6 Å². The number of aliphatic carboxylic acids is 1. The molecule has 2 N–H and O–H groups in total. The first kappa shape index (κ1) is 24.4. The number of benzene rings is 2. The molecule has 5 nitrogen and oxygen atoms in total. The number of methoxy groups -OCH3 is 1. The Bertz CT molecular complexity index is 1190. The predicted molar refractivity (Wildman–Crippen MR) is 139 cm³/mol. The van der Waals surface area contributed by atoms with Crippen LogP contribution in [-0.2, 0) is 16.6 Å². The summed E-state index contributed by atoms with van der Waals surface area (Å²) >= 11 is 0. The van der Waals surface area contributed by atoms with E-state index >= 15 is 0 Å². The molecule has 0 heterocycles. The Labute approximate surface area is 212 Å². The van der Waals surface area contributed by atoms with E-state index in [9.17, 15) is 14.7 Å². The first-order chi connectivity index (χ1) is 17.3. The Morgan fingerprint density at radius 3 is 2.22 bits per heavy atom. The van der Waals surface area contributed by atoms with Crippen LogP contribution in [-0.4, -0.2) is 29.3 Å². The summed E-state index contributed by atoms with van der Waals surface area (Å²) in [5, 5.41) is 18.5. The van der Waals surface area contributed by atoms with E-state index in [0.717, 1.165) is 36.0 Å². The van der Waals surface area contributed by atoms with Crippen LogP contribution in [0, 0.1) is 17.8 Å². The van der Waals surface area contributed by atoms with Crippen molar-refractivity contribution < 1.29 is 24.5 Å². The molecule has 4 fully saturated rings. The molecule has 2 aromatic carbocycles.